The average molecular weight is 319 g/mol. The molecule has 1 aromatic carbocycles. The van der Waals surface area contributed by atoms with Crippen molar-refractivity contribution in [3.05, 3.63) is 24.3 Å². The molecule has 1 aliphatic rings. The Morgan fingerprint density at radius 2 is 1.75 bits per heavy atom. The molecule has 0 saturated carbocycles. The van der Waals surface area contributed by atoms with Gasteiger partial charge in [-0.05, 0) is 18.2 Å². The van der Waals surface area contributed by atoms with Gasteiger partial charge in [-0.2, -0.15) is 4.31 Å². The van der Waals surface area contributed by atoms with E-state index in [-0.39, 0.29) is 22.9 Å². The molecular formula is C11H13NO6S2. The van der Waals surface area contributed by atoms with Crippen LogP contribution < -0.4 is 0 Å². The summed E-state index contributed by atoms with van der Waals surface area (Å²) in [6, 6.07) is 5.03. The Hall–Kier alpha value is -1.45. The molecule has 0 spiro atoms. The standard InChI is InChI=1S/C11H13NO6S2/c1-19(15,16)9-3-2-4-10(5-9)20(17,18)12-6-8(7-12)11(13)14/h2-5,8H,6-7H2,1H3,(H,13,14). The SMILES string of the molecule is CS(=O)(=O)c1cccc(S(=O)(=O)N2CC(C(=O)O)C2)c1. The van der Waals surface area contributed by atoms with E-state index in [0.29, 0.717) is 0 Å². The zero-order valence-electron chi connectivity index (χ0n) is 10.6. The van der Waals surface area contributed by atoms with Crippen LogP contribution in [0.1, 0.15) is 0 Å². The summed E-state index contributed by atoms with van der Waals surface area (Å²) in [7, 11) is -7.35. The number of sulfonamides is 1. The van der Waals surface area contributed by atoms with Crippen LogP contribution in [-0.4, -0.2) is 51.6 Å². The molecule has 2 rings (SSSR count). The Labute approximate surface area is 116 Å². The minimum absolute atomic E-state index is 0.0890. The van der Waals surface area contributed by atoms with Gasteiger partial charge < -0.3 is 5.11 Å². The third-order valence-electron chi connectivity index (χ3n) is 3.07. The number of nitrogens with zero attached hydrogens (tertiary/aromatic N) is 1. The highest BCUT2D eigenvalue weighted by Gasteiger charge is 2.40. The molecule has 0 radical (unpaired) electrons. The van der Waals surface area contributed by atoms with Crippen molar-refractivity contribution in [1.82, 2.24) is 4.31 Å². The van der Waals surface area contributed by atoms with Crippen LogP contribution in [-0.2, 0) is 24.7 Å². The summed E-state index contributed by atoms with van der Waals surface area (Å²) in [4.78, 5) is 10.4. The molecule has 0 unspecified atom stereocenters. The van der Waals surface area contributed by atoms with E-state index >= 15 is 0 Å². The van der Waals surface area contributed by atoms with Crippen molar-refractivity contribution in [2.24, 2.45) is 5.92 Å². The average Bonchev–Trinajstić information content (AvgIpc) is 2.25. The van der Waals surface area contributed by atoms with E-state index < -0.39 is 31.7 Å². The molecule has 1 N–H and O–H groups in total. The summed E-state index contributed by atoms with van der Waals surface area (Å²) in [5, 5.41) is 8.74. The number of carbonyl (C=O) groups is 1. The van der Waals surface area contributed by atoms with E-state index in [1.165, 1.54) is 18.2 Å². The van der Waals surface area contributed by atoms with Crippen LogP contribution in [0, 0.1) is 5.92 Å². The van der Waals surface area contributed by atoms with Crippen LogP contribution in [0.25, 0.3) is 0 Å². The highest BCUT2D eigenvalue weighted by Crippen LogP contribution is 2.26. The van der Waals surface area contributed by atoms with Crippen LogP contribution in [0.15, 0.2) is 34.1 Å². The summed E-state index contributed by atoms with van der Waals surface area (Å²) < 4.78 is 48.3. The maximum atomic E-state index is 12.2. The number of carboxylic acid groups (broad SMARTS) is 1. The number of benzene rings is 1. The van der Waals surface area contributed by atoms with Gasteiger partial charge >= 0.3 is 5.97 Å². The lowest BCUT2D eigenvalue weighted by Gasteiger charge is -2.35. The van der Waals surface area contributed by atoms with E-state index in [2.05, 4.69) is 0 Å². The molecule has 1 fully saturated rings. The summed E-state index contributed by atoms with van der Waals surface area (Å²) >= 11 is 0. The Balaban J connectivity index is 2.30. The molecule has 0 atom stereocenters. The minimum atomic E-state index is -3.85. The van der Waals surface area contributed by atoms with E-state index in [1.54, 1.807) is 0 Å². The van der Waals surface area contributed by atoms with Crippen molar-refractivity contribution >= 4 is 25.8 Å². The lowest BCUT2D eigenvalue weighted by molar-refractivity contribution is -0.145. The van der Waals surface area contributed by atoms with E-state index in [1.807, 2.05) is 0 Å². The first-order valence-electron chi connectivity index (χ1n) is 5.65. The molecule has 9 heteroatoms. The number of carboxylic acids is 1. The van der Waals surface area contributed by atoms with Gasteiger partial charge in [-0.25, -0.2) is 16.8 Å². The number of hydrogen-bond donors (Lipinski definition) is 1. The Bertz CT molecular complexity index is 747. The molecular weight excluding hydrogens is 306 g/mol. The van der Waals surface area contributed by atoms with Crippen molar-refractivity contribution in [1.29, 1.82) is 0 Å². The van der Waals surface area contributed by atoms with Crippen LogP contribution >= 0.6 is 0 Å². The molecule has 0 aliphatic carbocycles. The lowest BCUT2D eigenvalue weighted by atomic mass is 10.0. The van der Waals surface area contributed by atoms with Crippen LogP contribution in [0.5, 0.6) is 0 Å². The zero-order valence-corrected chi connectivity index (χ0v) is 12.2. The van der Waals surface area contributed by atoms with Gasteiger partial charge in [0.15, 0.2) is 9.84 Å². The van der Waals surface area contributed by atoms with Crippen LogP contribution in [0.4, 0.5) is 0 Å². The van der Waals surface area contributed by atoms with Gasteiger partial charge in [-0.15, -0.1) is 0 Å². The fraction of sp³-hybridized carbons (Fsp3) is 0.364. The molecule has 1 aliphatic heterocycles. The quantitative estimate of drug-likeness (QED) is 0.823. The van der Waals surface area contributed by atoms with Gasteiger partial charge in [0.1, 0.15) is 0 Å². The molecule has 110 valence electrons. The second-order valence-electron chi connectivity index (χ2n) is 4.60. The van der Waals surface area contributed by atoms with E-state index in [0.717, 1.165) is 16.6 Å². The molecule has 0 bridgehead atoms. The predicted molar refractivity (Wildman–Crippen MR) is 69.4 cm³/mol. The van der Waals surface area contributed by atoms with Crippen molar-refractivity contribution in [2.45, 2.75) is 9.79 Å². The van der Waals surface area contributed by atoms with Gasteiger partial charge in [0.25, 0.3) is 0 Å². The predicted octanol–water partition coefficient (Wildman–Crippen LogP) is -0.205. The fourth-order valence-electron chi connectivity index (χ4n) is 1.80. The smallest absolute Gasteiger partial charge is 0.309 e. The first-order chi connectivity index (χ1) is 9.12. The molecule has 0 amide bonds. The number of aliphatic carboxylic acids is 1. The third-order valence-corrected chi connectivity index (χ3v) is 6.01. The normalized spacial score (nSPS) is 17.6. The van der Waals surface area contributed by atoms with Gasteiger partial charge in [0.2, 0.25) is 10.0 Å². The number of hydrogen-bond acceptors (Lipinski definition) is 5. The maximum Gasteiger partial charge on any atom is 0.309 e. The van der Waals surface area contributed by atoms with Crippen molar-refractivity contribution in [3.63, 3.8) is 0 Å². The highest BCUT2D eigenvalue weighted by molar-refractivity contribution is 7.91. The van der Waals surface area contributed by atoms with Crippen molar-refractivity contribution in [3.8, 4) is 0 Å². The zero-order chi connectivity index (χ0) is 15.1. The molecule has 7 nitrogen and oxygen atoms in total. The summed E-state index contributed by atoms with van der Waals surface area (Å²) in [6.07, 6.45) is 0.989. The molecule has 0 aromatic heterocycles. The second-order valence-corrected chi connectivity index (χ2v) is 8.56. The number of sulfone groups is 1. The van der Waals surface area contributed by atoms with Gasteiger partial charge in [0, 0.05) is 19.3 Å². The topological polar surface area (TPSA) is 109 Å². The molecule has 1 saturated heterocycles. The lowest BCUT2D eigenvalue weighted by Crippen LogP contribution is -2.52. The first-order valence-corrected chi connectivity index (χ1v) is 8.98. The van der Waals surface area contributed by atoms with Gasteiger partial charge in [0.05, 0.1) is 15.7 Å². The first kappa shape index (κ1) is 14.9. The van der Waals surface area contributed by atoms with Crippen molar-refractivity contribution < 1.29 is 26.7 Å². The third kappa shape index (κ3) is 2.69. The monoisotopic (exact) mass is 319 g/mol. The second kappa shape index (κ2) is 4.83. The van der Waals surface area contributed by atoms with Gasteiger partial charge in [-0.1, -0.05) is 6.07 Å². The molecule has 1 heterocycles. The summed E-state index contributed by atoms with van der Waals surface area (Å²) in [5.74, 6) is -1.75. The van der Waals surface area contributed by atoms with E-state index in [4.69, 9.17) is 5.11 Å². The highest BCUT2D eigenvalue weighted by atomic mass is 32.2. The Morgan fingerprint density at radius 1 is 1.20 bits per heavy atom. The summed E-state index contributed by atoms with van der Waals surface area (Å²) in [6.45, 7) is -0.193. The minimum Gasteiger partial charge on any atom is -0.481 e. The largest absolute Gasteiger partial charge is 0.481 e. The number of rotatable bonds is 4. The Kier molecular flexibility index (Phi) is 3.61. The molecule has 1 aromatic rings. The van der Waals surface area contributed by atoms with Crippen LogP contribution in [0.3, 0.4) is 0 Å². The fourth-order valence-corrected chi connectivity index (χ4v) is 4.12. The Morgan fingerprint density at radius 3 is 2.25 bits per heavy atom. The summed E-state index contributed by atoms with van der Waals surface area (Å²) in [5.41, 5.74) is 0. The van der Waals surface area contributed by atoms with Gasteiger partial charge in [-0.3, -0.25) is 4.79 Å². The maximum absolute atomic E-state index is 12.2. The van der Waals surface area contributed by atoms with Crippen LogP contribution in [0.2, 0.25) is 0 Å². The molecule has 20 heavy (non-hydrogen) atoms. The van der Waals surface area contributed by atoms with Crippen molar-refractivity contribution in [2.75, 3.05) is 19.3 Å². The van der Waals surface area contributed by atoms with E-state index in [9.17, 15) is 21.6 Å².